The van der Waals surface area contributed by atoms with Crippen molar-refractivity contribution in [2.24, 2.45) is 0 Å². The lowest BCUT2D eigenvalue weighted by Crippen LogP contribution is -1.98. The molecule has 0 fully saturated rings. The molecule has 0 aliphatic rings. The third-order valence-electron chi connectivity index (χ3n) is 2.53. The van der Waals surface area contributed by atoms with Crippen molar-refractivity contribution < 1.29 is 9.90 Å². The summed E-state index contributed by atoms with van der Waals surface area (Å²) in [5, 5.41) is 10.2. The van der Waals surface area contributed by atoms with Crippen LogP contribution >= 0.6 is 46.4 Å². The average molecular weight is 336 g/mol. The third-order valence-corrected chi connectivity index (χ3v) is 3.98. The van der Waals surface area contributed by atoms with Crippen molar-refractivity contribution in [3.05, 3.63) is 56.0 Å². The Morgan fingerprint density at radius 2 is 1.47 bits per heavy atom. The SMILES string of the molecule is O=C(O)c1cc(-c2c(Cl)ccc(Cl)c2Cl)ccc1Cl. The van der Waals surface area contributed by atoms with Crippen LogP contribution < -0.4 is 0 Å². The van der Waals surface area contributed by atoms with E-state index in [1.807, 2.05) is 0 Å². The van der Waals surface area contributed by atoms with Crippen LogP contribution in [0.3, 0.4) is 0 Å². The van der Waals surface area contributed by atoms with Crippen LogP contribution in [0.5, 0.6) is 0 Å². The molecule has 0 amide bonds. The molecule has 0 saturated carbocycles. The topological polar surface area (TPSA) is 37.3 Å². The number of aromatic carboxylic acids is 1. The Kier molecular flexibility index (Phi) is 4.26. The number of benzene rings is 2. The number of rotatable bonds is 2. The number of carboxylic acids is 1. The van der Waals surface area contributed by atoms with E-state index in [1.165, 1.54) is 12.1 Å². The largest absolute Gasteiger partial charge is 0.478 e. The first-order valence-corrected chi connectivity index (χ1v) is 6.59. The maximum absolute atomic E-state index is 11.1. The van der Waals surface area contributed by atoms with Gasteiger partial charge in [-0.1, -0.05) is 52.5 Å². The van der Waals surface area contributed by atoms with E-state index >= 15 is 0 Å². The molecule has 0 bridgehead atoms. The Labute approximate surface area is 129 Å². The van der Waals surface area contributed by atoms with Crippen LogP contribution in [0.25, 0.3) is 11.1 Å². The lowest BCUT2D eigenvalue weighted by Gasteiger charge is -2.10. The molecule has 0 spiro atoms. The van der Waals surface area contributed by atoms with Gasteiger partial charge in [0.1, 0.15) is 0 Å². The zero-order chi connectivity index (χ0) is 14.2. The van der Waals surface area contributed by atoms with Crippen LogP contribution in [-0.2, 0) is 0 Å². The number of carbonyl (C=O) groups is 1. The van der Waals surface area contributed by atoms with Crippen molar-refractivity contribution in [2.75, 3.05) is 0 Å². The minimum Gasteiger partial charge on any atom is -0.478 e. The smallest absolute Gasteiger partial charge is 0.337 e. The molecule has 2 aromatic rings. The van der Waals surface area contributed by atoms with Crippen LogP contribution in [0.1, 0.15) is 10.4 Å². The van der Waals surface area contributed by atoms with Gasteiger partial charge in [-0.3, -0.25) is 0 Å². The fraction of sp³-hybridized carbons (Fsp3) is 0. The standard InChI is InChI=1S/C13H6Cl4O2/c14-8-2-1-6(5-7(8)13(18)19)11-9(15)3-4-10(16)12(11)17/h1-5H,(H,18,19). The summed E-state index contributed by atoms with van der Waals surface area (Å²) in [6.07, 6.45) is 0. The first-order valence-electron chi connectivity index (χ1n) is 5.08. The van der Waals surface area contributed by atoms with Crippen molar-refractivity contribution in [1.82, 2.24) is 0 Å². The van der Waals surface area contributed by atoms with Crippen molar-refractivity contribution in [3.8, 4) is 11.1 Å². The van der Waals surface area contributed by atoms with Crippen molar-refractivity contribution in [2.45, 2.75) is 0 Å². The molecule has 0 heterocycles. The Morgan fingerprint density at radius 1 is 0.895 bits per heavy atom. The Bertz CT molecular complexity index is 668. The minimum absolute atomic E-state index is 0.0220. The van der Waals surface area contributed by atoms with Gasteiger partial charge in [-0.05, 0) is 29.8 Å². The van der Waals surface area contributed by atoms with Crippen molar-refractivity contribution >= 4 is 52.4 Å². The molecule has 0 aliphatic carbocycles. The van der Waals surface area contributed by atoms with Gasteiger partial charge in [0.25, 0.3) is 0 Å². The van der Waals surface area contributed by atoms with E-state index in [4.69, 9.17) is 51.5 Å². The van der Waals surface area contributed by atoms with E-state index in [9.17, 15) is 4.79 Å². The van der Waals surface area contributed by atoms with Gasteiger partial charge in [-0.2, -0.15) is 0 Å². The minimum atomic E-state index is -1.12. The molecule has 0 unspecified atom stereocenters. The molecule has 0 atom stereocenters. The van der Waals surface area contributed by atoms with Gasteiger partial charge in [-0.15, -0.1) is 0 Å². The second-order valence-corrected chi connectivity index (χ2v) is 5.32. The lowest BCUT2D eigenvalue weighted by atomic mass is 10.0. The average Bonchev–Trinajstić information content (AvgIpc) is 2.36. The monoisotopic (exact) mass is 334 g/mol. The van der Waals surface area contributed by atoms with Crippen LogP contribution in [-0.4, -0.2) is 11.1 Å². The van der Waals surface area contributed by atoms with Gasteiger partial charge < -0.3 is 5.11 Å². The van der Waals surface area contributed by atoms with Gasteiger partial charge in [0.15, 0.2) is 0 Å². The highest BCUT2D eigenvalue weighted by atomic mass is 35.5. The molecule has 1 N–H and O–H groups in total. The maximum atomic E-state index is 11.1. The fourth-order valence-corrected chi connectivity index (χ4v) is 2.58. The first-order chi connectivity index (χ1) is 8.91. The lowest BCUT2D eigenvalue weighted by molar-refractivity contribution is 0.0697. The summed E-state index contributed by atoms with van der Waals surface area (Å²) in [6, 6.07) is 7.70. The number of hydrogen-bond acceptors (Lipinski definition) is 1. The molecule has 2 aromatic carbocycles. The quantitative estimate of drug-likeness (QED) is 0.718. The number of hydrogen-bond donors (Lipinski definition) is 1. The van der Waals surface area contributed by atoms with E-state index < -0.39 is 5.97 Å². The van der Waals surface area contributed by atoms with Gasteiger partial charge in [-0.25, -0.2) is 4.79 Å². The zero-order valence-corrected chi connectivity index (χ0v) is 12.3. The summed E-state index contributed by atoms with van der Waals surface area (Å²) < 4.78 is 0. The molecule has 0 aromatic heterocycles. The zero-order valence-electron chi connectivity index (χ0n) is 9.25. The van der Waals surface area contributed by atoms with Crippen LogP contribution in [0.15, 0.2) is 30.3 Å². The molecular weight excluding hydrogens is 330 g/mol. The predicted molar refractivity (Wildman–Crippen MR) is 78.9 cm³/mol. The molecule has 19 heavy (non-hydrogen) atoms. The molecular formula is C13H6Cl4O2. The molecule has 0 radical (unpaired) electrons. The Morgan fingerprint density at radius 3 is 2.11 bits per heavy atom. The second kappa shape index (κ2) is 5.59. The highest BCUT2D eigenvalue weighted by molar-refractivity contribution is 6.46. The van der Waals surface area contributed by atoms with Crippen LogP contribution in [0, 0.1) is 0 Å². The van der Waals surface area contributed by atoms with E-state index in [-0.39, 0.29) is 15.6 Å². The highest BCUT2D eigenvalue weighted by Crippen LogP contribution is 2.39. The molecule has 98 valence electrons. The molecule has 0 aliphatic heterocycles. The number of carboxylic acid groups (broad SMARTS) is 1. The second-order valence-electron chi connectivity index (χ2n) is 3.72. The summed E-state index contributed by atoms with van der Waals surface area (Å²) in [6.45, 7) is 0. The number of halogens is 4. The van der Waals surface area contributed by atoms with Crippen molar-refractivity contribution in [3.63, 3.8) is 0 Å². The van der Waals surface area contributed by atoms with Crippen molar-refractivity contribution in [1.29, 1.82) is 0 Å². The molecule has 2 rings (SSSR count). The maximum Gasteiger partial charge on any atom is 0.337 e. The Hall–Kier alpha value is -0.930. The van der Waals surface area contributed by atoms with Gasteiger partial charge in [0.2, 0.25) is 0 Å². The third kappa shape index (κ3) is 2.82. The Balaban J connectivity index is 2.70. The van der Waals surface area contributed by atoms with Gasteiger partial charge >= 0.3 is 5.97 Å². The summed E-state index contributed by atoms with van der Waals surface area (Å²) >= 11 is 23.9. The normalized spacial score (nSPS) is 10.5. The first kappa shape index (κ1) is 14.5. The van der Waals surface area contributed by atoms with E-state index in [1.54, 1.807) is 18.2 Å². The fourth-order valence-electron chi connectivity index (χ4n) is 1.64. The van der Waals surface area contributed by atoms with Crippen LogP contribution in [0.2, 0.25) is 20.1 Å². The summed E-state index contributed by atoms with van der Waals surface area (Å²) in [5.74, 6) is -1.12. The van der Waals surface area contributed by atoms with Gasteiger partial charge in [0.05, 0.1) is 20.6 Å². The predicted octanol–water partition coefficient (Wildman–Crippen LogP) is 5.67. The molecule has 6 heteroatoms. The van der Waals surface area contributed by atoms with E-state index in [0.717, 1.165) is 0 Å². The molecule has 0 saturated heterocycles. The summed E-state index contributed by atoms with van der Waals surface area (Å²) in [4.78, 5) is 11.1. The molecule has 2 nitrogen and oxygen atoms in total. The van der Waals surface area contributed by atoms with Crippen LogP contribution in [0.4, 0.5) is 0 Å². The highest BCUT2D eigenvalue weighted by Gasteiger charge is 2.15. The van der Waals surface area contributed by atoms with Gasteiger partial charge in [0, 0.05) is 10.6 Å². The summed E-state index contributed by atoms with van der Waals surface area (Å²) in [7, 11) is 0. The van der Waals surface area contributed by atoms with E-state index in [0.29, 0.717) is 21.2 Å². The summed E-state index contributed by atoms with van der Waals surface area (Å²) in [5.41, 5.74) is 1.00. The van der Waals surface area contributed by atoms with E-state index in [2.05, 4.69) is 0 Å².